The molecule has 1 atom stereocenters. The van der Waals surface area contributed by atoms with Crippen LogP contribution >= 0.6 is 11.8 Å². The molecular formula is C20H21N3O3S. The van der Waals surface area contributed by atoms with Crippen molar-refractivity contribution in [3.8, 4) is 5.75 Å². The first-order chi connectivity index (χ1) is 12.9. The molecule has 6 nitrogen and oxygen atoms in total. The molecule has 1 heterocycles. The lowest BCUT2D eigenvalue weighted by molar-refractivity contribution is -0.121. The van der Waals surface area contributed by atoms with Gasteiger partial charge in [0.25, 0.3) is 0 Å². The summed E-state index contributed by atoms with van der Waals surface area (Å²) in [6.07, 6.45) is 0.0193. The second-order valence-corrected chi connectivity index (χ2v) is 7.53. The molecule has 7 heteroatoms. The highest BCUT2D eigenvalue weighted by Crippen LogP contribution is 2.33. The van der Waals surface area contributed by atoms with Crippen LogP contribution in [0, 0.1) is 19.3 Å². The quantitative estimate of drug-likeness (QED) is 0.824. The zero-order valence-electron chi connectivity index (χ0n) is 15.4. The van der Waals surface area contributed by atoms with Crippen molar-refractivity contribution in [1.82, 2.24) is 0 Å². The maximum absolute atomic E-state index is 12.7. The number of carbonyl (C=O) groups excluding carboxylic acids is 2. The fourth-order valence-corrected chi connectivity index (χ4v) is 3.80. The first-order valence-corrected chi connectivity index (χ1v) is 9.37. The van der Waals surface area contributed by atoms with Crippen LogP contribution in [0.4, 0.5) is 11.4 Å². The van der Waals surface area contributed by atoms with Gasteiger partial charge in [-0.1, -0.05) is 17.8 Å². The Morgan fingerprint density at radius 3 is 2.52 bits per heavy atom. The van der Waals surface area contributed by atoms with Crippen molar-refractivity contribution in [3.63, 3.8) is 0 Å². The number of methoxy groups -OCH3 is 1. The number of aryl methyl sites for hydroxylation is 2. The van der Waals surface area contributed by atoms with E-state index in [1.807, 2.05) is 32.0 Å². The van der Waals surface area contributed by atoms with Crippen molar-refractivity contribution in [2.75, 3.05) is 17.3 Å². The predicted octanol–water partition coefficient (Wildman–Crippen LogP) is 3.72. The molecule has 2 amide bonds. The molecule has 0 saturated carbocycles. The van der Waals surface area contributed by atoms with Gasteiger partial charge in [0.15, 0.2) is 5.17 Å². The van der Waals surface area contributed by atoms with Crippen LogP contribution in [-0.4, -0.2) is 29.3 Å². The summed E-state index contributed by atoms with van der Waals surface area (Å²) in [7, 11) is 1.57. The highest BCUT2D eigenvalue weighted by Gasteiger charge is 2.39. The van der Waals surface area contributed by atoms with E-state index in [1.54, 1.807) is 31.4 Å². The number of ether oxygens (including phenoxy) is 1. The van der Waals surface area contributed by atoms with E-state index in [4.69, 9.17) is 10.1 Å². The summed E-state index contributed by atoms with van der Waals surface area (Å²) in [4.78, 5) is 26.4. The molecule has 1 aliphatic heterocycles. The van der Waals surface area contributed by atoms with E-state index >= 15 is 0 Å². The Bertz CT molecular complexity index is 896. The lowest BCUT2D eigenvalue weighted by Crippen LogP contribution is -2.33. The lowest BCUT2D eigenvalue weighted by Gasteiger charge is -2.16. The third-order valence-corrected chi connectivity index (χ3v) is 5.50. The molecule has 0 bridgehead atoms. The number of amides is 2. The predicted molar refractivity (Wildman–Crippen MR) is 109 cm³/mol. The third kappa shape index (κ3) is 4.14. The monoisotopic (exact) mass is 383 g/mol. The molecule has 27 heavy (non-hydrogen) atoms. The number of carbonyl (C=O) groups is 2. The first kappa shape index (κ1) is 19.0. The van der Waals surface area contributed by atoms with Crippen LogP contribution in [0.25, 0.3) is 0 Å². The number of nitrogens with zero attached hydrogens (tertiary/aromatic N) is 1. The number of hydrogen-bond acceptors (Lipinski definition) is 5. The molecule has 0 aromatic heterocycles. The van der Waals surface area contributed by atoms with E-state index in [2.05, 4.69) is 5.32 Å². The van der Waals surface area contributed by atoms with Gasteiger partial charge in [-0.25, -0.2) is 0 Å². The normalized spacial score (nSPS) is 16.6. The minimum atomic E-state index is -0.605. The fourth-order valence-electron chi connectivity index (χ4n) is 2.79. The summed E-state index contributed by atoms with van der Waals surface area (Å²) in [5, 5.41) is 10.5. The number of nitrogens with one attached hydrogen (secondary N) is 2. The maximum Gasteiger partial charge on any atom is 0.247 e. The van der Waals surface area contributed by atoms with Gasteiger partial charge < -0.3 is 10.1 Å². The minimum Gasteiger partial charge on any atom is -0.497 e. The van der Waals surface area contributed by atoms with Crippen LogP contribution in [0.2, 0.25) is 0 Å². The summed E-state index contributed by atoms with van der Waals surface area (Å²) >= 11 is 1.10. The number of rotatable bonds is 5. The molecule has 1 fully saturated rings. The highest BCUT2D eigenvalue weighted by molar-refractivity contribution is 8.16. The van der Waals surface area contributed by atoms with E-state index in [0.29, 0.717) is 17.1 Å². The van der Waals surface area contributed by atoms with Crippen LogP contribution in [0.3, 0.4) is 0 Å². The number of thioether (sulfide) groups is 1. The molecule has 0 aliphatic carbocycles. The van der Waals surface area contributed by atoms with Gasteiger partial charge in [0.05, 0.1) is 12.8 Å². The molecule has 2 aromatic rings. The molecule has 0 radical (unpaired) electrons. The SMILES string of the molecule is COc1ccc(N2C(=N)S[C@@H](CC(=O)Nc3ccc(C)c(C)c3)C2=O)cc1. The number of amidine groups is 1. The summed E-state index contributed by atoms with van der Waals surface area (Å²) in [6, 6.07) is 12.6. The number of hydrogen-bond donors (Lipinski definition) is 2. The van der Waals surface area contributed by atoms with Crippen LogP contribution in [0.1, 0.15) is 17.5 Å². The van der Waals surface area contributed by atoms with Crippen molar-refractivity contribution >= 4 is 40.1 Å². The topological polar surface area (TPSA) is 82.5 Å². The summed E-state index contributed by atoms with van der Waals surface area (Å²) < 4.78 is 5.12. The van der Waals surface area contributed by atoms with E-state index in [9.17, 15) is 9.59 Å². The van der Waals surface area contributed by atoms with E-state index < -0.39 is 5.25 Å². The second kappa shape index (κ2) is 7.84. The van der Waals surface area contributed by atoms with Crippen molar-refractivity contribution in [3.05, 3.63) is 53.6 Å². The Balaban J connectivity index is 1.67. The molecule has 0 unspecified atom stereocenters. The van der Waals surface area contributed by atoms with Gasteiger partial charge in [-0.15, -0.1) is 0 Å². The molecule has 2 N–H and O–H groups in total. The lowest BCUT2D eigenvalue weighted by atomic mass is 10.1. The van der Waals surface area contributed by atoms with Crippen LogP contribution in [-0.2, 0) is 9.59 Å². The van der Waals surface area contributed by atoms with Gasteiger partial charge in [-0.3, -0.25) is 19.9 Å². The smallest absolute Gasteiger partial charge is 0.247 e. The van der Waals surface area contributed by atoms with Gasteiger partial charge >= 0.3 is 0 Å². The van der Waals surface area contributed by atoms with Crippen LogP contribution in [0.15, 0.2) is 42.5 Å². The third-order valence-electron chi connectivity index (χ3n) is 4.44. The van der Waals surface area contributed by atoms with Gasteiger partial charge in [0.1, 0.15) is 11.0 Å². The zero-order chi connectivity index (χ0) is 19.6. The van der Waals surface area contributed by atoms with Crippen molar-refractivity contribution in [1.29, 1.82) is 5.41 Å². The van der Waals surface area contributed by atoms with Crippen molar-refractivity contribution in [2.24, 2.45) is 0 Å². The van der Waals surface area contributed by atoms with Gasteiger partial charge in [0.2, 0.25) is 11.8 Å². The molecule has 2 aromatic carbocycles. The largest absolute Gasteiger partial charge is 0.497 e. The standard InChI is InChI=1S/C20H21N3O3S/c1-12-4-5-14(10-13(12)2)22-18(24)11-17-19(25)23(20(21)27-17)15-6-8-16(26-3)9-7-15/h4-10,17,21H,11H2,1-3H3,(H,22,24)/t17-/m0/s1. The van der Waals surface area contributed by atoms with Gasteiger partial charge in [0, 0.05) is 12.1 Å². The number of anilines is 2. The van der Waals surface area contributed by atoms with E-state index in [1.165, 1.54) is 4.90 Å². The average molecular weight is 383 g/mol. The molecule has 3 rings (SSSR count). The van der Waals surface area contributed by atoms with Gasteiger partial charge in [-0.2, -0.15) is 0 Å². The Hall–Kier alpha value is -2.80. The van der Waals surface area contributed by atoms with Crippen LogP contribution in [0.5, 0.6) is 5.75 Å². The maximum atomic E-state index is 12.7. The molecular weight excluding hydrogens is 362 g/mol. The molecule has 0 spiro atoms. The highest BCUT2D eigenvalue weighted by atomic mass is 32.2. The average Bonchev–Trinajstić information content (AvgIpc) is 2.91. The second-order valence-electron chi connectivity index (χ2n) is 6.33. The molecule has 1 saturated heterocycles. The summed E-state index contributed by atoms with van der Waals surface area (Å²) in [5.41, 5.74) is 3.54. The van der Waals surface area contributed by atoms with Crippen LogP contribution < -0.4 is 15.0 Å². The Morgan fingerprint density at radius 2 is 1.89 bits per heavy atom. The Labute approximate surface area is 162 Å². The Kier molecular flexibility index (Phi) is 5.51. The summed E-state index contributed by atoms with van der Waals surface area (Å²) in [6.45, 7) is 3.99. The molecule has 140 valence electrons. The first-order valence-electron chi connectivity index (χ1n) is 8.49. The van der Waals surface area contributed by atoms with E-state index in [0.717, 1.165) is 22.9 Å². The molecule has 1 aliphatic rings. The zero-order valence-corrected chi connectivity index (χ0v) is 16.2. The minimum absolute atomic E-state index is 0.0193. The Morgan fingerprint density at radius 1 is 1.19 bits per heavy atom. The fraction of sp³-hybridized carbons (Fsp3) is 0.250. The number of benzene rings is 2. The van der Waals surface area contributed by atoms with Crippen molar-refractivity contribution in [2.45, 2.75) is 25.5 Å². The van der Waals surface area contributed by atoms with Gasteiger partial charge in [-0.05, 0) is 61.4 Å². The van der Waals surface area contributed by atoms with E-state index in [-0.39, 0.29) is 23.4 Å². The summed E-state index contributed by atoms with van der Waals surface area (Å²) in [5.74, 6) is 0.174. The van der Waals surface area contributed by atoms with Crippen molar-refractivity contribution < 1.29 is 14.3 Å².